The largest absolute Gasteiger partial charge is 0.463 e. The van der Waals surface area contributed by atoms with Crippen LogP contribution in [0.25, 0.3) is 0 Å². The van der Waals surface area contributed by atoms with E-state index in [9.17, 15) is 39.4 Å². The average molecular weight is 719 g/mol. The van der Waals surface area contributed by atoms with E-state index >= 15 is 0 Å². The van der Waals surface area contributed by atoms with Crippen LogP contribution in [0, 0.1) is 20.2 Å². The molecule has 16 heteroatoms. The molecule has 0 saturated carbocycles. The van der Waals surface area contributed by atoms with Gasteiger partial charge in [-0.3, -0.25) is 20.2 Å². The van der Waals surface area contributed by atoms with Gasteiger partial charge in [0.15, 0.2) is 0 Å². The lowest BCUT2D eigenvalue weighted by Crippen LogP contribution is -2.33. The number of carbonyl (C=O) groups is 4. The standard InChI is InChI=1S/C36H38N4O12/c1-7-49-33(41)27-19(3)37-21(5)29(31(27)23-9-13-25(14-10-23)39(45)46)35(43)51-17-18-52-36(44)30-22(6)38-20(4)28(34(42)50-8-2)32(30)24-11-15-26(16-12-24)40(47)48/h9-16,31-32,37-38H,7-8,17-18H2,1-6H3. The minimum absolute atomic E-state index is 0.0433. The molecule has 0 radical (unpaired) electrons. The summed E-state index contributed by atoms with van der Waals surface area (Å²) in [7, 11) is 0. The fourth-order valence-corrected chi connectivity index (χ4v) is 6.16. The van der Waals surface area contributed by atoms with E-state index in [1.165, 1.54) is 48.5 Å². The number of dihydropyridines is 2. The number of esters is 4. The molecule has 0 aliphatic carbocycles. The van der Waals surface area contributed by atoms with Crippen molar-refractivity contribution in [2.24, 2.45) is 0 Å². The second kappa shape index (κ2) is 16.6. The molecule has 4 rings (SSSR count). The highest BCUT2D eigenvalue weighted by molar-refractivity contribution is 6.01. The molecule has 2 atom stereocenters. The van der Waals surface area contributed by atoms with E-state index in [2.05, 4.69) is 10.6 Å². The quantitative estimate of drug-likeness (QED) is 0.0928. The van der Waals surface area contributed by atoms with Crippen molar-refractivity contribution in [2.45, 2.75) is 53.4 Å². The Bertz CT molecular complexity index is 1780. The summed E-state index contributed by atoms with van der Waals surface area (Å²) < 4.78 is 21.6. The normalized spacial score (nSPS) is 17.2. The van der Waals surface area contributed by atoms with E-state index in [-0.39, 0.29) is 46.9 Å². The fourth-order valence-electron chi connectivity index (χ4n) is 6.16. The summed E-state index contributed by atoms with van der Waals surface area (Å²) in [6.07, 6.45) is 0. The number of carbonyl (C=O) groups excluding carboxylic acids is 4. The lowest BCUT2D eigenvalue weighted by Gasteiger charge is -2.31. The molecule has 2 aliphatic rings. The predicted molar refractivity (Wildman–Crippen MR) is 184 cm³/mol. The first-order valence-corrected chi connectivity index (χ1v) is 16.3. The Morgan fingerprint density at radius 3 is 1.06 bits per heavy atom. The molecule has 0 spiro atoms. The molecule has 274 valence electrons. The van der Waals surface area contributed by atoms with E-state index in [1.54, 1.807) is 41.5 Å². The summed E-state index contributed by atoms with van der Waals surface area (Å²) in [6, 6.07) is 10.8. The van der Waals surface area contributed by atoms with Gasteiger partial charge in [0, 0.05) is 47.1 Å². The molecule has 0 bridgehead atoms. The van der Waals surface area contributed by atoms with E-state index in [4.69, 9.17) is 18.9 Å². The number of nitro groups is 2. The van der Waals surface area contributed by atoms with Crippen LogP contribution in [0.5, 0.6) is 0 Å². The Labute approximate surface area is 298 Å². The van der Waals surface area contributed by atoms with Gasteiger partial charge in [-0.05, 0) is 52.7 Å². The topological polar surface area (TPSA) is 216 Å². The number of nitrogens with one attached hydrogen (secondary N) is 2. The molecule has 0 saturated heterocycles. The highest BCUT2D eigenvalue weighted by atomic mass is 16.6. The van der Waals surface area contributed by atoms with Crippen molar-refractivity contribution in [1.29, 1.82) is 0 Å². The zero-order valence-electron chi connectivity index (χ0n) is 29.4. The van der Waals surface area contributed by atoms with Crippen LogP contribution < -0.4 is 10.6 Å². The Hall–Kier alpha value is -6.32. The van der Waals surface area contributed by atoms with Crippen LogP contribution in [0.2, 0.25) is 0 Å². The molecule has 0 amide bonds. The number of nitrogens with zero attached hydrogens (tertiary/aromatic N) is 2. The number of rotatable bonds is 13. The molecule has 0 aromatic heterocycles. The summed E-state index contributed by atoms with van der Waals surface area (Å²) in [5.74, 6) is -5.09. The maximum absolute atomic E-state index is 13.7. The smallest absolute Gasteiger partial charge is 0.336 e. The highest BCUT2D eigenvalue weighted by Gasteiger charge is 2.40. The Kier molecular flexibility index (Phi) is 12.3. The molecule has 2 aromatic carbocycles. The maximum atomic E-state index is 13.7. The number of non-ortho nitro benzene ring substituents is 2. The van der Waals surface area contributed by atoms with Crippen molar-refractivity contribution in [1.82, 2.24) is 10.6 Å². The first-order chi connectivity index (χ1) is 24.7. The van der Waals surface area contributed by atoms with Gasteiger partial charge in [0.1, 0.15) is 13.2 Å². The molecule has 2 aromatic rings. The van der Waals surface area contributed by atoms with E-state index in [0.717, 1.165) is 0 Å². The summed E-state index contributed by atoms with van der Waals surface area (Å²) in [6.45, 7) is 9.07. The summed E-state index contributed by atoms with van der Waals surface area (Å²) in [4.78, 5) is 75.0. The second-order valence-electron chi connectivity index (χ2n) is 11.7. The molecule has 52 heavy (non-hydrogen) atoms. The summed E-state index contributed by atoms with van der Waals surface area (Å²) in [5, 5.41) is 28.6. The van der Waals surface area contributed by atoms with E-state index in [0.29, 0.717) is 33.9 Å². The third-order valence-corrected chi connectivity index (χ3v) is 8.38. The monoisotopic (exact) mass is 718 g/mol. The first kappa shape index (κ1) is 38.5. The van der Waals surface area contributed by atoms with E-state index in [1.807, 2.05) is 0 Å². The van der Waals surface area contributed by atoms with Crippen molar-refractivity contribution < 1.29 is 48.0 Å². The molecular formula is C36H38N4O12. The van der Waals surface area contributed by atoms with Crippen molar-refractivity contribution in [3.05, 3.63) is 125 Å². The Morgan fingerprint density at radius 1 is 0.538 bits per heavy atom. The van der Waals surface area contributed by atoms with Crippen LogP contribution in [0.4, 0.5) is 11.4 Å². The van der Waals surface area contributed by atoms with Gasteiger partial charge in [-0.2, -0.15) is 0 Å². The van der Waals surface area contributed by atoms with Crippen LogP contribution in [-0.4, -0.2) is 60.2 Å². The number of hydrogen-bond acceptors (Lipinski definition) is 14. The van der Waals surface area contributed by atoms with Crippen molar-refractivity contribution in [3.63, 3.8) is 0 Å². The van der Waals surface area contributed by atoms with Crippen molar-refractivity contribution >= 4 is 35.3 Å². The van der Waals surface area contributed by atoms with E-state index < -0.39 is 58.8 Å². The van der Waals surface area contributed by atoms with Gasteiger partial charge in [0.25, 0.3) is 11.4 Å². The molecule has 0 fully saturated rings. The van der Waals surface area contributed by atoms with Gasteiger partial charge in [0.05, 0.1) is 57.2 Å². The molecule has 2 aliphatic heterocycles. The van der Waals surface area contributed by atoms with Crippen LogP contribution in [-0.2, 0) is 38.1 Å². The number of hydrogen-bond donors (Lipinski definition) is 2. The zero-order valence-corrected chi connectivity index (χ0v) is 29.4. The molecule has 2 heterocycles. The number of nitro benzene ring substituents is 2. The van der Waals surface area contributed by atoms with Crippen LogP contribution in [0.3, 0.4) is 0 Å². The van der Waals surface area contributed by atoms with Gasteiger partial charge in [-0.15, -0.1) is 0 Å². The number of benzene rings is 2. The van der Waals surface area contributed by atoms with Gasteiger partial charge in [-0.25, -0.2) is 19.2 Å². The van der Waals surface area contributed by atoms with Crippen molar-refractivity contribution in [2.75, 3.05) is 26.4 Å². The minimum Gasteiger partial charge on any atom is -0.463 e. The summed E-state index contributed by atoms with van der Waals surface area (Å²) in [5.41, 5.74) is 2.32. The second-order valence-corrected chi connectivity index (χ2v) is 11.7. The Balaban J connectivity index is 1.57. The first-order valence-electron chi connectivity index (χ1n) is 16.3. The van der Waals surface area contributed by atoms with Crippen molar-refractivity contribution in [3.8, 4) is 0 Å². The van der Waals surface area contributed by atoms with Gasteiger partial charge >= 0.3 is 23.9 Å². The third-order valence-electron chi connectivity index (χ3n) is 8.38. The zero-order chi connectivity index (χ0) is 38.3. The number of ether oxygens (including phenoxy) is 4. The Morgan fingerprint density at radius 2 is 0.808 bits per heavy atom. The van der Waals surface area contributed by atoms with Crippen LogP contribution >= 0.6 is 0 Å². The minimum atomic E-state index is -1.00. The third kappa shape index (κ3) is 8.17. The molecule has 16 nitrogen and oxygen atoms in total. The fraction of sp³-hybridized carbons (Fsp3) is 0.333. The lowest BCUT2D eigenvalue weighted by molar-refractivity contribution is -0.385. The summed E-state index contributed by atoms with van der Waals surface area (Å²) >= 11 is 0. The average Bonchev–Trinajstić information content (AvgIpc) is 3.09. The van der Waals surface area contributed by atoms with Gasteiger partial charge in [-0.1, -0.05) is 24.3 Å². The number of allylic oxidation sites excluding steroid dienone is 4. The van der Waals surface area contributed by atoms with Crippen LogP contribution in [0.15, 0.2) is 93.6 Å². The predicted octanol–water partition coefficient (Wildman–Crippen LogP) is 4.89. The van der Waals surface area contributed by atoms with Gasteiger partial charge in [0.2, 0.25) is 0 Å². The molecule has 2 N–H and O–H groups in total. The molecule has 2 unspecified atom stereocenters. The highest BCUT2D eigenvalue weighted by Crippen LogP contribution is 2.41. The van der Waals surface area contributed by atoms with Crippen LogP contribution in [0.1, 0.15) is 64.5 Å². The SMILES string of the molecule is CCOC(=O)C1=C(C)NC(C)=C(C(=O)OCCOC(=O)C2=C(C)NC(C)=C(C(=O)OCC)C2c2ccc([N+](=O)[O-])cc2)C1c1ccc([N+](=O)[O-])cc1. The molecular weight excluding hydrogens is 680 g/mol. The maximum Gasteiger partial charge on any atom is 0.336 e. The lowest BCUT2D eigenvalue weighted by atomic mass is 9.80. The van der Waals surface area contributed by atoms with Gasteiger partial charge < -0.3 is 29.6 Å².